The molecule has 2 nitrogen and oxygen atoms in total. The zero-order valence-corrected chi connectivity index (χ0v) is 11.1. The molecular formula is C14H18N2S. The second kappa shape index (κ2) is 5.94. The van der Waals surface area contributed by atoms with Gasteiger partial charge >= 0.3 is 0 Å². The summed E-state index contributed by atoms with van der Waals surface area (Å²) in [4.78, 5) is 4.65. The average molecular weight is 246 g/mol. The molecule has 90 valence electrons. The van der Waals surface area contributed by atoms with Gasteiger partial charge in [-0.25, -0.2) is 4.98 Å². The topological polar surface area (TPSA) is 24.9 Å². The molecule has 17 heavy (non-hydrogen) atoms. The van der Waals surface area contributed by atoms with Crippen molar-refractivity contribution in [1.29, 1.82) is 0 Å². The van der Waals surface area contributed by atoms with Crippen molar-refractivity contribution in [2.45, 2.75) is 26.3 Å². The summed E-state index contributed by atoms with van der Waals surface area (Å²) in [6, 6.07) is 8.63. The normalized spacial score (nSPS) is 13.5. The lowest BCUT2D eigenvalue weighted by molar-refractivity contribution is 0.579. The smallest absolute Gasteiger partial charge is 0.111 e. The largest absolute Gasteiger partial charge is 0.308 e. The molecule has 1 aromatic carbocycles. The zero-order valence-electron chi connectivity index (χ0n) is 10.3. The van der Waals surface area contributed by atoms with Crippen LogP contribution in [0.1, 0.15) is 31.3 Å². The Morgan fingerprint density at radius 2 is 2.24 bits per heavy atom. The molecule has 0 bridgehead atoms. The number of rotatable bonds is 5. The molecule has 0 saturated carbocycles. The summed E-state index contributed by atoms with van der Waals surface area (Å²) >= 11 is 1.78. The third-order valence-corrected chi connectivity index (χ3v) is 3.90. The molecule has 0 fully saturated rings. The van der Waals surface area contributed by atoms with Crippen molar-refractivity contribution in [3.63, 3.8) is 0 Å². The molecule has 2 aromatic rings. The maximum absolute atomic E-state index is 4.65. The van der Waals surface area contributed by atoms with Crippen molar-refractivity contribution in [2.75, 3.05) is 6.54 Å². The van der Waals surface area contributed by atoms with Crippen molar-refractivity contribution in [2.24, 2.45) is 0 Å². The first-order chi connectivity index (χ1) is 8.31. The second-order valence-corrected chi connectivity index (χ2v) is 5.12. The van der Waals surface area contributed by atoms with Gasteiger partial charge in [-0.15, -0.1) is 11.3 Å². The van der Waals surface area contributed by atoms with Crippen molar-refractivity contribution >= 4 is 21.6 Å². The molecule has 0 radical (unpaired) electrons. The number of nitrogens with one attached hydrogen (secondary N) is 1. The fraction of sp³-hybridized carbons (Fsp3) is 0.357. The molecule has 0 saturated heterocycles. The van der Waals surface area contributed by atoms with Crippen LogP contribution in [0.5, 0.6) is 0 Å². The molecular weight excluding hydrogens is 228 g/mol. The van der Waals surface area contributed by atoms with Gasteiger partial charge in [-0.05, 0) is 38.9 Å². The fourth-order valence-corrected chi connectivity index (χ4v) is 2.71. The van der Waals surface area contributed by atoms with Crippen molar-refractivity contribution < 1.29 is 0 Å². The number of hydrogen-bond donors (Lipinski definition) is 1. The van der Waals surface area contributed by atoms with E-state index in [-0.39, 0.29) is 0 Å². The van der Waals surface area contributed by atoms with Gasteiger partial charge in [-0.3, -0.25) is 0 Å². The second-order valence-electron chi connectivity index (χ2n) is 4.05. The van der Waals surface area contributed by atoms with Crippen LogP contribution in [-0.2, 0) is 0 Å². The van der Waals surface area contributed by atoms with E-state index < -0.39 is 0 Å². The number of para-hydroxylation sites is 1. The van der Waals surface area contributed by atoms with Gasteiger partial charge in [0.1, 0.15) is 5.01 Å². The Bertz CT molecular complexity index is 469. The Morgan fingerprint density at radius 1 is 1.41 bits per heavy atom. The Hall–Kier alpha value is -1.19. The highest BCUT2D eigenvalue weighted by molar-refractivity contribution is 7.18. The SMILES string of the molecule is C/C=C/CCNC(C)c1nc2ccccc2s1. The van der Waals surface area contributed by atoms with Gasteiger partial charge < -0.3 is 5.32 Å². The minimum Gasteiger partial charge on any atom is -0.308 e. The zero-order chi connectivity index (χ0) is 12.1. The van der Waals surface area contributed by atoms with E-state index >= 15 is 0 Å². The van der Waals surface area contributed by atoms with E-state index in [1.165, 1.54) is 9.71 Å². The maximum atomic E-state index is 4.65. The van der Waals surface area contributed by atoms with E-state index in [1.807, 2.05) is 6.07 Å². The lowest BCUT2D eigenvalue weighted by atomic mass is 10.3. The number of thiazole rings is 1. The van der Waals surface area contributed by atoms with Crippen LogP contribution in [0.2, 0.25) is 0 Å². The lowest BCUT2D eigenvalue weighted by Gasteiger charge is -2.09. The minimum atomic E-state index is 0.331. The maximum Gasteiger partial charge on any atom is 0.111 e. The Labute approximate surface area is 106 Å². The summed E-state index contributed by atoms with van der Waals surface area (Å²) in [7, 11) is 0. The molecule has 3 heteroatoms. The van der Waals surface area contributed by atoms with Crippen LogP contribution < -0.4 is 5.32 Å². The summed E-state index contributed by atoms with van der Waals surface area (Å²) in [5.74, 6) is 0. The van der Waals surface area contributed by atoms with Crippen molar-refractivity contribution in [3.8, 4) is 0 Å². The molecule has 1 aromatic heterocycles. The fourth-order valence-electron chi connectivity index (χ4n) is 1.71. The highest BCUT2D eigenvalue weighted by atomic mass is 32.1. The van der Waals surface area contributed by atoms with Gasteiger partial charge in [-0.2, -0.15) is 0 Å². The molecule has 0 aliphatic heterocycles. The molecule has 0 aliphatic carbocycles. The van der Waals surface area contributed by atoms with Crippen LogP contribution >= 0.6 is 11.3 Å². The predicted octanol–water partition coefficient (Wildman–Crippen LogP) is 3.91. The van der Waals surface area contributed by atoms with Crippen LogP contribution in [0.25, 0.3) is 10.2 Å². The summed E-state index contributed by atoms with van der Waals surface area (Å²) in [6.45, 7) is 5.23. The van der Waals surface area contributed by atoms with Gasteiger partial charge in [0.2, 0.25) is 0 Å². The number of aromatic nitrogens is 1. The summed E-state index contributed by atoms with van der Waals surface area (Å²) in [6.07, 6.45) is 5.34. The average Bonchev–Trinajstić information content (AvgIpc) is 2.78. The van der Waals surface area contributed by atoms with Crippen molar-refractivity contribution in [1.82, 2.24) is 10.3 Å². The van der Waals surface area contributed by atoms with Gasteiger partial charge in [0.15, 0.2) is 0 Å². The Balaban J connectivity index is 2.01. The number of hydrogen-bond acceptors (Lipinski definition) is 3. The number of nitrogens with zero attached hydrogens (tertiary/aromatic N) is 1. The Morgan fingerprint density at radius 3 is 3.00 bits per heavy atom. The third kappa shape index (κ3) is 3.14. The minimum absolute atomic E-state index is 0.331. The highest BCUT2D eigenvalue weighted by Gasteiger charge is 2.09. The molecule has 0 aliphatic rings. The van der Waals surface area contributed by atoms with Crippen LogP contribution in [0.4, 0.5) is 0 Å². The van der Waals surface area contributed by atoms with Crippen molar-refractivity contribution in [3.05, 3.63) is 41.4 Å². The first-order valence-corrected chi connectivity index (χ1v) is 6.83. The summed E-state index contributed by atoms with van der Waals surface area (Å²) in [5.41, 5.74) is 1.11. The van der Waals surface area contributed by atoms with E-state index in [2.05, 4.69) is 54.5 Å². The first-order valence-electron chi connectivity index (χ1n) is 6.01. The highest BCUT2D eigenvalue weighted by Crippen LogP contribution is 2.25. The van der Waals surface area contributed by atoms with Gasteiger partial charge in [-0.1, -0.05) is 24.3 Å². The van der Waals surface area contributed by atoms with Gasteiger partial charge in [0, 0.05) is 0 Å². The van der Waals surface area contributed by atoms with E-state index in [1.54, 1.807) is 11.3 Å². The summed E-state index contributed by atoms with van der Waals surface area (Å²) in [5, 5.41) is 4.66. The number of benzene rings is 1. The van der Waals surface area contributed by atoms with E-state index in [0.29, 0.717) is 6.04 Å². The third-order valence-electron chi connectivity index (χ3n) is 2.68. The molecule has 2 rings (SSSR count). The summed E-state index contributed by atoms with van der Waals surface area (Å²) < 4.78 is 1.27. The van der Waals surface area contributed by atoms with Crippen LogP contribution in [0.15, 0.2) is 36.4 Å². The van der Waals surface area contributed by atoms with Gasteiger partial charge in [0.25, 0.3) is 0 Å². The number of fused-ring (bicyclic) bond motifs is 1. The monoisotopic (exact) mass is 246 g/mol. The molecule has 1 N–H and O–H groups in total. The van der Waals surface area contributed by atoms with Gasteiger partial charge in [0.05, 0.1) is 16.3 Å². The lowest BCUT2D eigenvalue weighted by Crippen LogP contribution is -2.19. The van der Waals surface area contributed by atoms with Crippen LogP contribution in [0.3, 0.4) is 0 Å². The Kier molecular flexibility index (Phi) is 4.29. The molecule has 0 spiro atoms. The van der Waals surface area contributed by atoms with Crippen LogP contribution in [0, 0.1) is 0 Å². The van der Waals surface area contributed by atoms with Crippen LogP contribution in [-0.4, -0.2) is 11.5 Å². The standard InChI is InChI=1S/C14H18N2S/c1-3-4-7-10-15-11(2)14-16-12-8-5-6-9-13(12)17-14/h3-6,8-9,11,15H,7,10H2,1-2H3/b4-3+. The molecule has 1 atom stereocenters. The quantitative estimate of drug-likeness (QED) is 0.639. The molecule has 1 unspecified atom stereocenters. The van der Waals surface area contributed by atoms with E-state index in [4.69, 9.17) is 0 Å². The van der Waals surface area contributed by atoms with E-state index in [0.717, 1.165) is 18.5 Å². The first kappa shape index (κ1) is 12.3. The predicted molar refractivity (Wildman–Crippen MR) is 75.5 cm³/mol. The number of allylic oxidation sites excluding steroid dienone is 1. The molecule has 0 amide bonds. The van der Waals surface area contributed by atoms with E-state index in [9.17, 15) is 0 Å². The molecule has 1 heterocycles.